The molecule has 1 unspecified atom stereocenters. The van der Waals surface area contributed by atoms with E-state index < -0.39 is 42.5 Å². The maximum atomic E-state index is 10.6. The van der Waals surface area contributed by atoms with Crippen molar-refractivity contribution in [1.82, 2.24) is 0 Å². The molecule has 2 aliphatic heterocycles. The number of aliphatic carboxylic acids is 1. The minimum Gasteiger partial charge on any atom is -0.479 e. The molecule has 0 spiro atoms. The first-order valence-corrected chi connectivity index (χ1v) is 4.92. The highest BCUT2D eigenvalue weighted by Crippen LogP contribution is 2.38. The van der Waals surface area contributed by atoms with Crippen molar-refractivity contribution >= 4 is 5.97 Å². The number of aliphatic hydroxyl groups excluding tert-OH is 2. The van der Waals surface area contributed by atoms with Gasteiger partial charge < -0.3 is 29.5 Å². The lowest BCUT2D eigenvalue weighted by molar-refractivity contribution is -0.226. The number of aliphatic hydroxyl groups is 2. The average molecular weight is 234 g/mol. The molecule has 7 nitrogen and oxygen atoms in total. The average Bonchev–Trinajstić information content (AvgIpc) is 2.60. The Balaban J connectivity index is 2.08. The molecule has 0 amide bonds. The van der Waals surface area contributed by atoms with Gasteiger partial charge in [-0.3, -0.25) is 0 Å². The third kappa shape index (κ3) is 1.80. The van der Waals surface area contributed by atoms with E-state index in [2.05, 4.69) is 0 Å². The summed E-state index contributed by atoms with van der Waals surface area (Å²) in [6, 6.07) is 0. The van der Waals surface area contributed by atoms with Crippen molar-refractivity contribution in [2.24, 2.45) is 0 Å². The summed E-state index contributed by atoms with van der Waals surface area (Å²) in [4.78, 5) is 10.6. The number of fused-ring (bicyclic) bond motifs is 1. The zero-order valence-corrected chi connectivity index (χ0v) is 8.86. The van der Waals surface area contributed by atoms with Crippen LogP contribution in [0, 0.1) is 0 Å². The highest BCUT2D eigenvalue weighted by Gasteiger charge is 2.56. The molecule has 5 atom stereocenters. The summed E-state index contributed by atoms with van der Waals surface area (Å²) < 4.78 is 15.8. The van der Waals surface area contributed by atoms with Crippen LogP contribution in [0.1, 0.15) is 13.8 Å². The Morgan fingerprint density at radius 2 is 2.00 bits per heavy atom. The Morgan fingerprint density at radius 1 is 1.38 bits per heavy atom. The van der Waals surface area contributed by atoms with Crippen molar-refractivity contribution in [3.63, 3.8) is 0 Å². The molecule has 0 aromatic rings. The van der Waals surface area contributed by atoms with Crippen molar-refractivity contribution in [1.29, 1.82) is 0 Å². The molecule has 92 valence electrons. The highest BCUT2D eigenvalue weighted by atomic mass is 16.8. The number of carboxylic acid groups (broad SMARTS) is 1. The second-order valence-electron chi connectivity index (χ2n) is 4.34. The maximum Gasteiger partial charge on any atom is 0.335 e. The van der Waals surface area contributed by atoms with Gasteiger partial charge in [0, 0.05) is 0 Å². The Hall–Kier alpha value is -0.730. The molecule has 2 rings (SSSR count). The molecule has 0 aromatic heterocycles. The van der Waals surface area contributed by atoms with Crippen LogP contribution < -0.4 is 0 Å². The molecule has 0 saturated carbocycles. The molecule has 2 fully saturated rings. The van der Waals surface area contributed by atoms with Crippen LogP contribution >= 0.6 is 0 Å². The van der Waals surface area contributed by atoms with Crippen molar-refractivity contribution in [2.45, 2.75) is 50.3 Å². The smallest absolute Gasteiger partial charge is 0.335 e. The van der Waals surface area contributed by atoms with E-state index in [-0.39, 0.29) is 0 Å². The largest absolute Gasteiger partial charge is 0.479 e. The summed E-state index contributed by atoms with van der Waals surface area (Å²) in [7, 11) is 0. The Labute approximate surface area is 91.5 Å². The van der Waals surface area contributed by atoms with Crippen LogP contribution in [0.3, 0.4) is 0 Å². The molecule has 2 saturated heterocycles. The van der Waals surface area contributed by atoms with Gasteiger partial charge in [0.25, 0.3) is 0 Å². The lowest BCUT2D eigenvalue weighted by Gasteiger charge is -2.24. The number of carboxylic acids is 1. The number of hydrogen-bond acceptors (Lipinski definition) is 6. The molecule has 2 aliphatic rings. The Kier molecular flexibility index (Phi) is 2.67. The van der Waals surface area contributed by atoms with E-state index in [0.29, 0.717) is 0 Å². The lowest BCUT2D eigenvalue weighted by atomic mass is 10.1. The monoisotopic (exact) mass is 234 g/mol. The van der Waals surface area contributed by atoms with Gasteiger partial charge in [-0.25, -0.2) is 4.79 Å². The fourth-order valence-electron chi connectivity index (χ4n) is 1.92. The number of rotatable bonds is 2. The zero-order chi connectivity index (χ0) is 12.1. The molecule has 0 bridgehead atoms. The van der Waals surface area contributed by atoms with Crippen LogP contribution in [0.25, 0.3) is 0 Å². The fraction of sp³-hybridized carbons (Fsp3) is 0.889. The van der Waals surface area contributed by atoms with Gasteiger partial charge in [0.05, 0.1) is 0 Å². The predicted molar refractivity (Wildman–Crippen MR) is 48.3 cm³/mol. The van der Waals surface area contributed by atoms with Gasteiger partial charge >= 0.3 is 5.97 Å². The molecular weight excluding hydrogens is 220 g/mol. The summed E-state index contributed by atoms with van der Waals surface area (Å²) in [6.45, 7) is 3.31. The van der Waals surface area contributed by atoms with Crippen molar-refractivity contribution in [2.75, 3.05) is 0 Å². The lowest BCUT2D eigenvalue weighted by Crippen LogP contribution is -2.44. The number of carbonyl (C=O) groups is 1. The van der Waals surface area contributed by atoms with Crippen molar-refractivity contribution in [3.8, 4) is 0 Å². The first-order chi connectivity index (χ1) is 7.32. The molecule has 2 heterocycles. The summed E-state index contributed by atoms with van der Waals surface area (Å²) in [5.74, 6) is -2.33. The summed E-state index contributed by atoms with van der Waals surface area (Å²) in [5, 5.41) is 27.6. The second kappa shape index (κ2) is 3.64. The van der Waals surface area contributed by atoms with Gasteiger partial charge in [-0.05, 0) is 13.8 Å². The third-order valence-electron chi connectivity index (χ3n) is 2.62. The van der Waals surface area contributed by atoms with Gasteiger partial charge in [0.2, 0.25) is 0 Å². The van der Waals surface area contributed by atoms with E-state index in [0.717, 1.165) is 0 Å². The van der Waals surface area contributed by atoms with E-state index in [1.54, 1.807) is 13.8 Å². The highest BCUT2D eigenvalue weighted by molar-refractivity contribution is 5.73. The third-order valence-corrected chi connectivity index (χ3v) is 2.62. The predicted octanol–water partition coefficient (Wildman–Crippen LogP) is -1.33. The molecule has 16 heavy (non-hydrogen) atoms. The first kappa shape index (κ1) is 11.7. The maximum absolute atomic E-state index is 10.6. The molecule has 0 aliphatic carbocycles. The van der Waals surface area contributed by atoms with Crippen LogP contribution in [0.5, 0.6) is 0 Å². The SMILES string of the molecule is CC1(C)O[C@H]2O[C@H](C(O)C(=O)O)[C@H](O)[C@H]2O1. The van der Waals surface area contributed by atoms with E-state index in [4.69, 9.17) is 19.3 Å². The second-order valence-corrected chi connectivity index (χ2v) is 4.34. The van der Waals surface area contributed by atoms with Gasteiger partial charge in [-0.2, -0.15) is 0 Å². The summed E-state index contributed by atoms with van der Waals surface area (Å²) in [6.07, 6.45) is -5.87. The molecule has 0 aromatic carbocycles. The van der Waals surface area contributed by atoms with E-state index in [9.17, 15) is 15.0 Å². The number of hydrogen-bond donors (Lipinski definition) is 3. The normalized spacial score (nSPS) is 43.0. The zero-order valence-electron chi connectivity index (χ0n) is 8.86. The first-order valence-electron chi connectivity index (χ1n) is 4.92. The standard InChI is InChI=1S/C9H14O7/c1-9(2)15-6-3(10)5(4(11)7(12)13)14-8(6)16-9/h3-6,8,10-11H,1-2H3,(H,12,13)/t3-,4?,5-,6+,8+/m0/s1. The summed E-state index contributed by atoms with van der Waals surface area (Å²) >= 11 is 0. The van der Waals surface area contributed by atoms with Crippen LogP contribution in [-0.2, 0) is 19.0 Å². The van der Waals surface area contributed by atoms with Crippen LogP contribution in [0.15, 0.2) is 0 Å². The van der Waals surface area contributed by atoms with Crippen LogP contribution in [0.2, 0.25) is 0 Å². The summed E-state index contributed by atoms with van der Waals surface area (Å²) in [5.41, 5.74) is 0. The van der Waals surface area contributed by atoms with E-state index in [1.165, 1.54) is 0 Å². The van der Waals surface area contributed by atoms with Crippen molar-refractivity contribution < 1.29 is 34.3 Å². The van der Waals surface area contributed by atoms with Crippen molar-refractivity contribution in [3.05, 3.63) is 0 Å². The van der Waals surface area contributed by atoms with Crippen LogP contribution in [0.4, 0.5) is 0 Å². The van der Waals surface area contributed by atoms with E-state index >= 15 is 0 Å². The Morgan fingerprint density at radius 3 is 2.50 bits per heavy atom. The van der Waals surface area contributed by atoms with Gasteiger partial charge in [0.1, 0.15) is 18.3 Å². The molecule has 0 radical (unpaired) electrons. The van der Waals surface area contributed by atoms with Gasteiger partial charge in [0.15, 0.2) is 18.2 Å². The van der Waals surface area contributed by atoms with Gasteiger partial charge in [-0.1, -0.05) is 0 Å². The Bertz CT molecular complexity index is 302. The topological polar surface area (TPSA) is 105 Å². The minimum atomic E-state index is -1.80. The minimum absolute atomic E-state index is 0.769. The quantitative estimate of drug-likeness (QED) is 0.543. The number of ether oxygens (including phenoxy) is 3. The molecule has 3 N–H and O–H groups in total. The molecular formula is C9H14O7. The van der Waals surface area contributed by atoms with E-state index in [1.807, 2.05) is 0 Å². The fourth-order valence-corrected chi connectivity index (χ4v) is 1.92. The van der Waals surface area contributed by atoms with Gasteiger partial charge in [-0.15, -0.1) is 0 Å². The molecule has 7 heteroatoms. The van der Waals surface area contributed by atoms with Crippen LogP contribution in [-0.4, -0.2) is 57.8 Å².